The number of anilines is 1. The van der Waals surface area contributed by atoms with Crippen LogP contribution in [-0.4, -0.2) is 50.4 Å². The summed E-state index contributed by atoms with van der Waals surface area (Å²) in [6.07, 6.45) is -0.494. The molecule has 0 saturated carbocycles. The predicted molar refractivity (Wildman–Crippen MR) is 106 cm³/mol. The van der Waals surface area contributed by atoms with E-state index in [9.17, 15) is 22.0 Å². The molecule has 0 radical (unpaired) electrons. The molecular formula is C20H21F5N6O. The molecule has 3 aromatic heterocycles. The molecule has 32 heavy (non-hydrogen) atoms. The number of hydrogen-bond donors (Lipinski definition) is 0. The predicted octanol–water partition coefficient (Wildman–Crippen LogP) is 4.19. The van der Waals surface area contributed by atoms with Crippen LogP contribution >= 0.6 is 0 Å². The first-order valence-corrected chi connectivity index (χ1v) is 10.1. The molecular weight excluding hydrogens is 435 g/mol. The molecule has 4 heterocycles. The lowest BCUT2D eigenvalue weighted by Gasteiger charge is -2.38. The average Bonchev–Trinajstić information content (AvgIpc) is 3.14. The van der Waals surface area contributed by atoms with Gasteiger partial charge in [-0.1, -0.05) is 0 Å². The number of rotatable bonds is 6. The van der Waals surface area contributed by atoms with Crippen LogP contribution in [0.3, 0.4) is 0 Å². The highest BCUT2D eigenvalue weighted by molar-refractivity contribution is 5.71. The number of pyridine rings is 1. The molecule has 0 aromatic carbocycles. The molecule has 2 atom stereocenters. The van der Waals surface area contributed by atoms with Gasteiger partial charge in [-0.05, 0) is 25.8 Å². The van der Waals surface area contributed by atoms with Crippen molar-refractivity contribution in [3.63, 3.8) is 0 Å². The van der Waals surface area contributed by atoms with Crippen LogP contribution in [0.2, 0.25) is 0 Å². The number of halogens is 5. The first-order chi connectivity index (χ1) is 15.2. The van der Waals surface area contributed by atoms with Gasteiger partial charge in [-0.15, -0.1) is 0 Å². The van der Waals surface area contributed by atoms with Gasteiger partial charge in [-0.25, -0.2) is 23.4 Å². The van der Waals surface area contributed by atoms with E-state index in [2.05, 4.69) is 20.1 Å². The summed E-state index contributed by atoms with van der Waals surface area (Å²) < 4.78 is 71.8. The molecule has 1 aliphatic heterocycles. The molecule has 172 valence electrons. The van der Waals surface area contributed by atoms with E-state index in [1.165, 1.54) is 6.20 Å². The third-order valence-corrected chi connectivity index (χ3v) is 5.48. The third kappa shape index (κ3) is 4.73. The number of alkyl halides is 5. The van der Waals surface area contributed by atoms with Crippen molar-refractivity contribution in [1.29, 1.82) is 0 Å². The number of fused-ring (bicyclic) bond motifs is 1. The first-order valence-electron chi connectivity index (χ1n) is 10.1. The summed E-state index contributed by atoms with van der Waals surface area (Å²) in [4.78, 5) is 14.5. The van der Waals surface area contributed by atoms with Crippen molar-refractivity contribution in [3.8, 4) is 5.75 Å². The van der Waals surface area contributed by atoms with Crippen molar-refractivity contribution >= 4 is 17.0 Å². The first kappa shape index (κ1) is 22.2. The SMILES string of the molecule is CC1CCC(COc2cnccc2C(F)(F)F)CN1c1cnc2cnn(CC(F)F)c2n1. The normalized spacial score (nSPS) is 19.7. The van der Waals surface area contributed by atoms with Gasteiger partial charge in [0.15, 0.2) is 5.65 Å². The summed E-state index contributed by atoms with van der Waals surface area (Å²) in [6.45, 7) is 1.98. The van der Waals surface area contributed by atoms with E-state index in [0.717, 1.165) is 36.0 Å². The van der Waals surface area contributed by atoms with Crippen LogP contribution in [-0.2, 0) is 12.7 Å². The molecule has 0 N–H and O–H groups in total. The number of nitrogens with zero attached hydrogens (tertiary/aromatic N) is 6. The lowest BCUT2D eigenvalue weighted by molar-refractivity contribution is -0.139. The van der Waals surface area contributed by atoms with Crippen LogP contribution in [0.1, 0.15) is 25.3 Å². The van der Waals surface area contributed by atoms with Gasteiger partial charge in [0.25, 0.3) is 6.43 Å². The zero-order valence-corrected chi connectivity index (χ0v) is 17.1. The lowest BCUT2D eigenvalue weighted by Crippen LogP contribution is -2.44. The molecule has 0 spiro atoms. The van der Waals surface area contributed by atoms with Gasteiger partial charge in [0.1, 0.15) is 29.2 Å². The second-order valence-electron chi connectivity index (χ2n) is 7.78. The van der Waals surface area contributed by atoms with E-state index in [1.807, 2.05) is 11.8 Å². The van der Waals surface area contributed by atoms with E-state index in [1.54, 1.807) is 6.20 Å². The molecule has 1 saturated heterocycles. The molecule has 2 unspecified atom stereocenters. The molecule has 0 amide bonds. The van der Waals surface area contributed by atoms with Crippen molar-refractivity contribution in [3.05, 3.63) is 36.4 Å². The van der Waals surface area contributed by atoms with Crippen molar-refractivity contribution in [2.75, 3.05) is 18.1 Å². The Balaban J connectivity index is 1.50. The Kier molecular flexibility index (Phi) is 6.11. The molecule has 1 fully saturated rings. The fourth-order valence-electron chi connectivity index (χ4n) is 3.82. The number of ether oxygens (including phenoxy) is 1. The summed E-state index contributed by atoms with van der Waals surface area (Å²) in [6, 6.07) is 0.978. The number of aromatic nitrogens is 5. The largest absolute Gasteiger partial charge is 0.491 e. The van der Waals surface area contributed by atoms with E-state index < -0.39 is 24.7 Å². The Hall–Kier alpha value is -3.05. The van der Waals surface area contributed by atoms with Crippen LogP contribution in [0.25, 0.3) is 11.2 Å². The zero-order chi connectivity index (χ0) is 22.9. The highest BCUT2D eigenvalue weighted by Gasteiger charge is 2.35. The second kappa shape index (κ2) is 8.83. The summed E-state index contributed by atoms with van der Waals surface area (Å²) in [7, 11) is 0. The number of piperidine rings is 1. The summed E-state index contributed by atoms with van der Waals surface area (Å²) in [5.41, 5.74) is -0.189. The highest BCUT2D eigenvalue weighted by Crippen LogP contribution is 2.36. The number of hydrogen-bond acceptors (Lipinski definition) is 6. The minimum atomic E-state index is -4.53. The molecule has 0 aliphatic carbocycles. The standard InChI is InChI=1S/C20H21F5N6O/c1-12-2-3-13(11-32-16-7-26-5-4-14(16)20(23,24)25)9-30(12)18-8-27-15-6-28-31(10-17(21)22)19(15)29-18/h4-8,12-13,17H,2-3,9-11H2,1H3. The lowest BCUT2D eigenvalue weighted by atomic mass is 9.94. The Morgan fingerprint density at radius 3 is 2.75 bits per heavy atom. The Morgan fingerprint density at radius 1 is 1.19 bits per heavy atom. The molecule has 3 aromatic rings. The maximum absolute atomic E-state index is 13.2. The van der Waals surface area contributed by atoms with Gasteiger partial charge < -0.3 is 9.64 Å². The Labute approximate surface area is 180 Å². The van der Waals surface area contributed by atoms with Crippen molar-refractivity contribution in [2.24, 2.45) is 5.92 Å². The molecule has 7 nitrogen and oxygen atoms in total. The van der Waals surface area contributed by atoms with Crippen LogP contribution in [0.4, 0.5) is 27.8 Å². The van der Waals surface area contributed by atoms with E-state index in [-0.39, 0.29) is 30.0 Å². The monoisotopic (exact) mass is 456 g/mol. The minimum absolute atomic E-state index is 0.0593. The second-order valence-corrected chi connectivity index (χ2v) is 7.78. The fourth-order valence-corrected chi connectivity index (χ4v) is 3.82. The van der Waals surface area contributed by atoms with Crippen molar-refractivity contribution < 1.29 is 26.7 Å². The van der Waals surface area contributed by atoms with E-state index in [4.69, 9.17) is 4.74 Å². The smallest absolute Gasteiger partial charge is 0.420 e. The molecule has 1 aliphatic rings. The van der Waals surface area contributed by atoms with Crippen molar-refractivity contribution in [2.45, 2.75) is 45.0 Å². The van der Waals surface area contributed by atoms with E-state index in [0.29, 0.717) is 17.9 Å². The van der Waals surface area contributed by atoms with E-state index >= 15 is 0 Å². The van der Waals surface area contributed by atoms with Gasteiger partial charge in [-0.3, -0.25) is 4.98 Å². The van der Waals surface area contributed by atoms with Gasteiger partial charge in [0.2, 0.25) is 0 Å². The van der Waals surface area contributed by atoms with Crippen LogP contribution in [0.5, 0.6) is 5.75 Å². The molecule has 4 rings (SSSR count). The van der Waals surface area contributed by atoms with Gasteiger partial charge >= 0.3 is 6.18 Å². The summed E-state index contributed by atoms with van der Waals surface area (Å²) in [5.74, 6) is 0.140. The third-order valence-electron chi connectivity index (χ3n) is 5.48. The zero-order valence-electron chi connectivity index (χ0n) is 17.1. The fraction of sp³-hybridized carbons (Fsp3) is 0.500. The van der Waals surface area contributed by atoms with Gasteiger partial charge in [-0.2, -0.15) is 18.3 Å². The quantitative estimate of drug-likeness (QED) is 0.518. The van der Waals surface area contributed by atoms with Crippen LogP contribution in [0, 0.1) is 5.92 Å². The Bertz CT molecular complexity index is 1070. The van der Waals surface area contributed by atoms with Gasteiger partial charge in [0.05, 0.1) is 25.2 Å². The average molecular weight is 456 g/mol. The van der Waals surface area contributed by atoms with Crippen molar-refractivity contribution in [1.82, 2.24) is 24.7 Å². The molecule has 0 bridgehead atoms. The summed E-state index contributed by atoms with van der Waals surface area (Å²) >= 11 is 0. The van der Waals surface area contributed by atoms with Crippen LogP contribution < -0.4 is 9.64 Å². The molecule has 12 heteroatoms. The maximum Gasteiger partial charge on any atom is 0.420 e. The Morgan fingerprint density at radius 2 is 2.00 bits per heavy atom. The minimum Gasteiger partial charge on any atom is -0.491 e. The maximum atomic E-state index is 13.2. The highest BCUT2D eigenvalue weighted by atomic mass is 19.4. The topological polar surface area (TPSA) is 69.0 Å². The van der Waals surface area contributed by atoms with Gasteiger partial charge in [0, 0.05) is 24.7 Å². The summed E-state index contributed by atoms with van der Waals surface area (Å²) in [5, 5.41) is 3.92. The van der Waals surface area contributed by atoms with Crippen LogP contribution in [0.15, 0.2) is 30.9 Å².